The molecule has 0 unspecified atom stereocenters. The second-order valence-electron chi connectivity index (χ2n) is 5.16. The van der Waals surface area contributed by atoms with Gasteiger partial charge in [0.25, 0.3) is 0 Å². The Morgan fingerprint density at radius 1 is 1.19 bits per heavy atom. The highest BCUT2D eigenvalue weighted by Gasteiger charge is 2.09. The maximum atomic E-state index is 4.50. The zero-order valence-corrected chi connectivity index (χ0v) is 10.6. The summed E-state index contributed by atoms with van der Waals surface area (Å²) in [6, 6.07) is 6.50. The van der Waals surface area contributed by atoms with Gasteiger partial charge in [0.1, 0.15) is 0 Å². The standard InChI is InChI=1S/C14H20N2/c1-10(2)9-16-14-7-5-6-12(11(3)4)13(14)8-15-16/h5-8,10-11H,9H2,1-4H3. The van der Waals surface area contributed by atoms with E-state index in [1.165, 1.54) is 16.5 Å². The number of nitrogens with zero attached hydrogens (tertiary/aromatic N) is 2. The van der Waals surface area contributed by atoms with E-state index in [0.29, 0.717) is 11.8 Å². The zero-order chi connectivity index (χ0) is 11.7. The molecule has 16 heavy (non-hydrogen) atoms. The largest absolute Gasteiger partial charge is 0.265 e. The van der Waals surface area contributed by atoms with E-state index in [-0.39, 0.29) is 0 Å². The quantitative estimate of drug-likeness (QED) is 0.762. The summed E-state index contributed by atoms with van der Waals surface area (Å²) < 4.78 is 2.12. The van der Waals surface area contributed by atoms with Gasteiger partial charge in [-0.05, 0) is 23.5 Å². The van der Waals surface area contributed by atoms with E-state index in [0.717, 1.165) is 6.54 Å². The molecule has 2 nitrogen and oxygen atoms in total. The van der Waals surface area contributed by atoms with Crippen LogP contribution in [0.3, 0.4) is 0 Å². The normalized spacial score (nSPS) is 11.9. The average molecular weight is 216 g/mol. The van der Waals surface area contributed by atoms with Crippen LogP contribution in [0.25, 0.3) is 10.9 Å². The molecule has 0 atom stereocenters. The number of aromatic nitrogens is 2. The third-order valence-electron chi connectivity index (χ3n) is 2.88. The predicted molar refractivity (Wildman–Crippen MR) is 68.7 cm³/mol. The summed E-state index contributed by atoms with van der Waals surface area (Å²) in [5.41, 5.74) is 2.66. The van der Waals surface area contributed by atoms with Gasteiger partial charge in [0.2, 0.25) is 0 Å². The lowest BCUT2D eigenvalue weighted by Crippen LogP contribution is -2.05. The van der Waals surface area contributed by atoms with E-state index in [4.69, 9.17) is 0 Å². The molecule has 0 radical (unpaired) electrons. The first-order valence-corrected chi connectivity index (χ1v) is 6.04. The molecule has 1 aromatic heterocycles. The third kappa shape index (κ3) is 1.97. The van der Waals surface area contributed by atoms with Crippen LogP contribution in [0.5, 0.6) is 0 Å². The number of fused-ring (bicyclic) bond motifs is 1. The molecule has 0 saturated carbocycles. The van der Waals surface area contributed by atoms with E-state index in [1.807, 2.05) is 6.20 Å². The summed E-state index contributed by atoms with van der Waals surface area (Å²) in [7, 11) is 0. The summed E-state index contributed by atoms with van der Waals surface area (Å²) in [5.74, 6) is 1.19. The lowest BCUT2D eigenvalue weighted by Gasteiger charge is -2.09. The van der Waals surface area contributed by atoms with Crippen molar-refractivity contribution in [2.45, 2.75) is 40.2 Å². The Hall–Kier alpha value is -1.31. The number of hydrogen-bond donors (Lipinski definition) is 0. The van der Waals surface area contributed by atoms with E-state index < -0.39 is 0 Å². The van der Waals surface area contributed by atoms with Crippen molar-refractivity contribution in [1.29, 1.82) is 0 Å². The molecule has 2 rings (SSSR count). The van der Waals surface area contributed by atoms with Crippen molar-refractivity contribution in [3.63, 3.8) is 0 Å². The predicted octanol–water partition coefficient (Wildman–Crippen LogP) is 3.82. The molecule has 0 amide bonds. The average Bonchev–Trinajstić information content (AvgIpc) is 2.60. The van der Waals surface area contributed by atoms with Gasteiger partial charge >= 0.3 is 0 Å². The van der Waals surface area contributed by atoms with E-state index in [2.05, 4.69) is 55.7 Å². The lowest BCUT2D eigenvalue weighted by atomic mass is 10.00. The molecule has 1 heterocycles. The highest BCUT2D eigenvalue weighted by atomic mass is 15.3. The Balaban J connectivity index is 2.52. The fraction of sp³-hybridized carbons (Fsp3) is 0.500. The first-order valence-electron chi connectivity index (χ1n) is 6.04. The van der Waals surface area contributed by atoms with Gasteiger partial charge in [0.05, 0.1) is 11.7 Å². The first kappa shape index (κ1) is 11.2. The van der Waals surface area contributed by atoms with E-state index in [9.17, 15) is 0 Å². The van der Waals surface area contributed by atoms with Crippen LogP contribution in [0.15, 0.2) is 24.4 Å². The Kier molecular flexibility index (Phi) is 2.99. The van der Waals surface area contributed by atoms with Gasteiger partial charge in [0.15, 0.2) is 0 Å². The first-order chi connectivity index (χ1) is 7.59. The van der Waals surface area contributed by atoms with Crippen LogP contribution in [-0.4, -0.2) is 9.78 Å². The van der Waals surface area contributed by atoms with Crippen LogP contribution in [0.1, 0.15) is 39.2 Å². The Bertz CT molecular complexity index is 480. The minimum atomic E-state index is 0.556. The van der Waals surface area contributed by atoms with Crippen LogP contribution in [0.4, 0.5) is 0 Å². The van der Waals surface area contributed by atoms with Gasteiger partial charge in [-0.1, -0.05) is 39.8 Å². The van der Waals surface area contributed by atoms with Crippen LogP contribution in [0.2, 0.25) is 0 Å². The smallest absolute Gasteiger partial charge is 0.0685 e. The molecule has 2 aromatic rings. The number of hydrogen-bond acceptors (Lipinski definition) is 1. The molecule has 0 fully saturated rings. The molecule has 2 heteroatoms. The van der Waals surface area contributed by atoms with E-state index >= 15 is 0 Å². The molecule has 0 N–H and O–H groups in total. The molecule has 0 spiro atoms. The molecular formula is C14H20N2. The SMILES string of the molecule is CC(C)Cn1ncc2c(C(C)C)cccc21. The second kappa shape index (κ2) is 4.28. The number of rotatable bonds is 3. The summed E-state index contributed by atoms with van der Waals surface area (Å²) in [4.78, 5) is 0. The van der Waals surface area contributed by atoms with Crippen LogP contribution >= 0.6 is 0 Å². The highest BCUT2D eigenvalue weighted by Crippen LogP contribution is 2.25. The second-order valence-corrected chi connectivity index (χ2v) is 5.16. The van der Waals surface area contributed by atoms with Gasteiger partial charge in [-0.25, -0.2) is 0 Å². The maximum absolute atomic E-state index is 4.50. The van der Waals surface area contributed by atoms with Crippen molar-refractivity contribution in [3.05, 3.63) is 30.0 Å². The van der Waals surface area contributed by atoms with Crippen LogP contribution in [-0.2, 0) is 6.54 Å². The highest BCUT2D eigenvalue weighted by molar-refractivity contribution is 5.82. The number of benzene rings is 1. The molecule has 0 saturated heterocycles. The zero-order valence-electron chi connectivity index (χ0n) is 10.6. The Morgan fingerprint density at radius 2 is 1.94 bits per heavy atom. The van der Waals surface area contributed by atoms with Crippen molar-refractivity contribution >= 4 is 10.9 Å². The molecule has 0 aliphatic rings. The molecular weight excluding hydrogens is 196 g/mol. The van der Waals surface area contributed by atoms with Crippen LogP contribution in [0, 0.1) is 5.92 Å². The summed E-state index contributed by atoms with van der Waals surface area (Å²) in [5, 5.41) is 5.80. The van der Waals surface area contributed by atoms with Gasteiger partial charge < -0.3 is 0 Å². The molecule has 1 aromatic carbocycles. The lowest BCUT2D eigenvalue weighted by molar-refractivity contribution is 0.495. The topological polar surface area (TPSA) is 17.8 Å². The van der Waals surface area contributed by atoms with Crippen LogP contribution < -0.4 is 0 Å². The van der Waals surface area contributed by atoms with E-state index in [1.54, 1.807) is 0 Å². The molecule has 0 aliphatic carbocycles. The fourth-order valence-electron chi connectivity index (χ4n) is 2.12. The maximum Gasteiger partial charge on any atom is 0.0685 e. The Labute approximate surface area is 97.3 Å². The summed E-state index contributed by atoms with van der Waals surface area (Å²) in [6.07, 6.45) is 2.01. The van der Waals surface area contributed by atoms with Crippen molar-refractivity contribution in [2.24, 2.45) is 5.92 Å². The van der Waals surface area contributed by atoms with Crippen molar-refractivity contribution in [1.82, 2.24) is 9.78 Å². The fourth-order valence-corrected chi connectivity index (χ4v) is 2.12. The van der Waals surface area contributed by atoms with Gasteiger partial charge in [-0.3, -0.25) is 4.68 Å². The molecule has 0 bridgehead atoms. The van der Waals surface area contributed by atoms with Crippen molar-refractivity contribution in [2.75, 3.05) is 0 Å². The summed E-state index contributed by atoms with van der Waals surface area (Å²) >= 11 is 0. The minimum Gasteiger partial charge on any atom is -0.265 e. The summed E-state index contributed by atoms with van der Waals surface area (Å²) in [6.45, 7) is 9.90. The minimum absolute atomic E-state index is 0.556. The van der Waals surface area contributed by atoms with Crippen molar-refractivity contribution < 1.29 is 0 Å². The van der Waals surface area contributed by atoms with Crippen molar-refractivity contribution in [3.8, 4) is 0 Å². The van der Waals surface area contributed by atoms with Gasteiger partial charge in [-0.2, -0.15) is 5.10 Å². The molecule has 0 aliphatic heterocycles. The third-order valence-corrected chi connectivity index (χ3v) is 2.88. The monoisotopic (exact) mass is 216 g/mol. The molecule has 86 valence electrons. The van der Waals surface area contributed by atoms with Gasteiger partial charge in [0, 0.05) is 11.9 Å². The Morgan fingerprint density at radius 3 is 2.56 bits per heavy atom. The van der Waals surface area contributed by atoms with Gasteiger partial charge in [-0.15, -0.1) is 0 Å².